The highest BCUT2D eigenvalue weighted by Crippen LogP contribution is 2.30. The standard InChI is InChI=1S/C13H6BrFN2O3/c14-11-3-2-10(6-12(11)15)20-13-4-1-9(17(18)19)5-8(13)7-16/h1-6H. The highest BCUT2D eigenvalue weighted by atomic mass is 79.9. The number of hydrogen-bond acceptors (Lipinski definition) is 4. The number of nitriles is 1. The van der Waals surface area contributed by atoms with Crippen LogP contribution in [0, 0.1) is 27.3 Å². The Hall–Kier alpha value is -2.46. The van der Waals surface area contributed by atoms with Crippen molar-refractivity contribution in [1.82, 2.24) is 0 Å². The number of halogens is 2. The molecule has 0 bridgehead atoms. The first kappa shape index (κ1) is 14.0. The first-order chi connectivity index (χ1) is 9.51. The minimum atomic E-state index is -0.607. The Kier molecular flexibility index (Phi) is 3.96. The van der Waals surface area contributed by atoms with Crippen LogP contribution in [0.5, 0.6) is 11.5 Å². The molecule has 0 unspecified atom stereocenters. The Morgan fingerprint density at radius 1 is 1.30 bits per heavy atom. The summed E-state index contributed by atoms with van der Waals surface area (Å²) in [6, 6.07) is 9.54. The summed E-state index contributed by atoms with van der Waals surface area (Å²) in [5.74, 6) is -0.196. The smallest absolute Gasteiger partial charge is 0.271 e. The number of benzene rings is 2. The lowest BCUT2D eigenvalue weighted by Gasteiger charge is -2.07. The van der Waals surface area contributed by atoms with E-state index in [1.807, 2.05) is 0 Å². The van der Waals surface area contributed by atoms with Gasteiger partial charge in [0.15, 0.2) is 0 Å². The normalized spacial score (nSPS) is 9.85. The molecular weight excluding hydrogens is 331 g/mol. The van der Waals surface area contributed by atoms with Crippen molar-refractivity contribution in [3.8, 4) is 17.6 Å². The van der Waals surface area contributed by atoms with Crippen LogP contribution in [0.3, 0.4) is 0 Å². The van der Waals surface area contributed by atoms with Crippen molar-refractivity contribution >= 4 is 21.6 Å². The van der Waals surface area contributed by atoms with Crippen molar-refractivity contribution in [3.05, 3.63) is 62.4 Å². The number of rotatable bonds is 3. The fraction of sp³-hybridized carbons (Fsp3) is 0. The molecule has 2 aromatic carbocycles. The van der Waals surface area contributed by atoms with Gasteiger partial charge in [0.25, 0.3) is 5.69 Å². The van der Waals surface area contributed by atoms with E-state index in [9.17, 15) is 14.5 Å². The Morgan fingerprint density at radius 2 is 2.05 bits per heavy atom. The molecule has 0 N–H and O–H groups in total. The summed E-state index contributed by atoms with van der Waals surface area (Å²) in [6.07, 6.45) is 0. The summed E-state index contributed by atoms with van der Waals surface area (Å²) >= 11 is 3.01. The Morgan fingerprint density at radius 3 is 2.65 bits per heavy atom. The number of nitro groups is 1. The van der Waals surface area contributed by atoms with Gasteiger partial charge in [-0.3, -0.25) is 10.1 Å². The zero-order valence-corrected chi connectivity index (χ0v) is 11.4. The van der Waals surface area contributed by atoms with Crippen LogP contribution >= 0.6 is 15.9 Å². The van der Waals surface area contributed by atoms with E-state index < -0.39 is 10.7 Å². The maximum atomic E-state index is 13.4. The maximum Gasteiger partial charge on any atom is 0.271 e. The van der Waals surface area contributed by atoms with Gasteiger partial charge >= 0.3 is 0 Å². The second-order valence-electron chi connectivity index (χ2n) is 3.73. The number of hydrogen-bond donors (Lipinski definition) is 0. The molecule has 2 rings (SSSR count). The van der Waals surface area contributed by atoms with Gasteiger partial charge in [-0.25, -0.2) is 4.39 Å². The van der Waals surface area contributed by atoms with E-state index in [1.54, 1.807) is 6.07 Å². The van der Waals surface area contributed by atoms with E-state index in [-0.39, 0.29) is 27.2 Å². The van der Waals surface area contributed by atoms with Crippen LogP contribution in [0.15, 0.2) is 40.9 Å². The summed E-state index contributed by atoms with van der Waals surface area (Å²) < 4.78 is 19.0. The minimum absolute atomic E-state index is 0.00234. The zero-order valence-electron chi connectivity index (χ0n) is 9.84. The fourth-order valence-electron chi connectivity index (χ4n) is 1.48. The van der Waals surface area contributed by atoms with Crippen molar-refractivity contribution in [2.75, 3.05) is 0 Å². The molecule has 20 heavy (non-hydrogen) atoms. The molecule has 7 heteroatoms. The molecule has 0 aromatic heterocycles. The SMILES string of the molecule is N#Cc1cc([N+](=O)[O-])ccc1Oc1ccc(Br)c(F)c1. The van der Waals surface area contributed by atoms with Crippen LogP contribution in [-0.4, -0.2) is 4.92 Å². The molecule has 0 amide bonds. The van der Waals surface area contributed by atoms with Crippen LogP contribution in [0.2, 0.25) is 0 Å². The van der Waals surface area contributed by atoms with Gasteiger partial charge in [-0.15, -0.1) is 0 Å². The van der Waals surface area contributed by atoms with Crippen LogP contribution in [0.25, 0.3) is 0 Å². The predicted octanol–water partition coefficient (Wildman–Crippen LogP) is 4.16. The first-order valence-electron chi connectivity index (χ1n) is 5.32. The summed E-state index contributed by atoms with van der Waals surface area (Å²) in [5, 5.41) is 19.6. The van der Waals surface area contributed by atoms with Crippen molar-refractivity contribution in [2.24, 2.45) is 0 Å². The maximum absolute atomic E-state index is 13.4. The Bertz CT molecular complexity index is 728. The topological polar surface area (TPSA) is 76.2 Å². The van der Waals surface area contributed by atoms with Crippen LogP contribution in [0.4, 0.5) is 10.1 Å². The molecule has 2 aromatic rings. The van der Waals surface area contributed by atoms with Gasteiger partial charge in [-0.1, -0.05) is 0 Å². The quantitative estimate of drug-likeness (QED) is 0.622. The van der Waals surface area contributed by atoms with Crippen LogP contribution < -0.4 is 4.74 Å². The highest BCUT2D eigenvalue weighted by molar-refractivity contribution is 9.10. The average Bonchev–Trinajstić information content (AvgIpc) is 2.43. The van der Waals surface area contributed by atoms with Crippen LogP contribution in [0.1, 0.15) is 5.56 Å². The molecule has 0 atom stereocenters. The first-order valence-corrected chi connectivity index (χ1v) is 6.12. The predicted molar refractivity (Wildman–Crippen MR) is 72.0 cm³/mol. The third kappa shape index (κ3) is 2.92. The summed E-state index contributed by atoms with van der Waals surface area (Å²) in [5.41, 5.74) is -0.210. The van der Waals surface area contributed by atoms with Crippen LogP contribution in [-0.2, 0) is 0 Å². The lowest BCUT2D eigenvalue weighted by molar-refractivity contribution is -0.384. The van der Waals surface area contributed by atoms with Gasteiger partial charge in [0.05, 0.1) is 9.40 Å². The van der Waals surface area contributed by atoms with Gasteiger partial charge in [0.2, 0.25) is 0 Å². The molecule has 0 radical (unpaired) electrons. The van der Waals surface area contributed by atoms with Gasteiger partial charge in [0.1, 0.15) is 28.9 Å². The Balaban J connectivity index is 2.36. The van der Waals surface area contributed by atoms with E-state index in [4.69, 9.17) is 10.00 Å². The second kappa shape index (κ2) is 5.67. The molecule has 0 aliphatic rings. The molecule has 0 spiro atoms. The van der Waals surface area contributed by atoms with E-state index in [1.165, 1.54) is 24.3 Å². The van der Waals surface area contributed by atoms with Crippen molar-refractivity contribution in [2.45, 2.75) is 0 Å². The summed E-state index contributed by atoms with van der Waals surface area (Å²) in [7, 11) is 0. The lowest BCUT2D eigenvalue weighted by atomic mass is 10.2. The van der Waals surface area contributed by atoms with Crippen molar-refractivity contribution < 1.29 is 14.1 Å². The molecule has 0 fully saturated rings. The van der Waals surface area contributed by atoms with E-state index >= 15 is 0 Å². The Labute approximate surface area is 121 Å². The average molecular weight is 337 g/mol. The monoisotopic (exact) mass is 336 g/mol. The number of ether oxygens (including phenoxy) is 1. The summed E-state index contributed by atoms with van der Waals surface area (Å²) in [4.78, 5) is 10.0. The molecule has 0 saturated carbocycles. The van der Waals surface area contributed by atoms with E-state index in [0.29, 0.717) is 0 Å². The third-order valence-corrected chi connectivity index (χ3v) is 3.06. The van der Waals surface area contributed by atoms with Gasteiger partial charge in [-0.2, -0.15) is 5.26 Å². The number of nitrogens with zero attached hydrogens (tertiary/aromatic N) is 2. The summed E-state index contributed by atoms with van der Waals surface area (Å²) in [6.45, 7) is 0. The minimum Gasteiger partial charge on any atom is -0.456 e. The van der Waals surface area contributed by atoms with E-state index in [2.05, 4.69) is 15.9 Å². The molecule has 100 valence electrons. The van der Waals surface area contributed by atoms with Gasteiger partial charge < -0.3 is 4.74 Å². The van der Waals surface area contributed by atoms with Gasteiger partial charge in [-0.05, 0) is 34.1 Å². The lowest BCUT2D eigenvalue weighted by Crippen LogP contribution is -1.93. The molecule has 0 aliphatic carbocycles. The molecule has 0 aliphatic heterocycles. The largest absolute Gasteiger partial charge is 0.456 e. The second-order valence-corrected chi connectivity index (χ2v) is 4.58. The molecular formula is C13H6BrFN2O3. The molecule has 0 heterocycles. The van der Waals surface area contributed by atoms with Gasteiger partial charge in [0, 0.05) is 18.2 Å². The highest BCUT2D eigenvalue weighted by Gasteiger charge is 2.12. The molecule has 5 nitrogen and oxygen atoms in total. The van der Waals surface area contributed by atoms with E-state index in [0.717, 1.165) is 12.1 Å². The van der Waals surface area contributed by atoms with Crippen molar-refractivity contribution in [3.63, 3.8) is 0 Å². The zero-order chi connectivity index (χ0) is 14.7. The fourth-order valence-corrected chi connectivity index (χ4v) is 1.72. The number of nitro benzene ring substituents is 1. The molecule has 0 saturated heterocycles. The number of non-ortho nitro benzene ring substituents is 1. The van der Waals surface area contributed by atoms with Crippen molar-refractivity contribution in [1.29, 1.82) is 5.26 Å². The third-order valence-electron chi connectivity index (χ3n) is 2.41.